The molecule has 48 valence electrons. The molecule has 0 rings (SSSR count). The lowest BCUT2D eigenvalue weighted by Gasteiger charge is -1.86. The Hall–Kier alpha value is -0.750. The van der Waals surface area contributed by atoms with E-state index in [2.05, 4.69) is 5.73 Å². The van der Waals surface area contributed by atoms with E-state index < -0.39 is 0 Å². The molecule has 0 amide bonds. The van der Waals surface area contributed by atoms with E-state index in [0.717, 1.165) is 13.2 Å². The van der Waals surface area contributed by atoms with Gasteiger partial charge in [-0.1, -0.05) is 0 Å². The Bertz CT molecular complexity index is 55.9. The number of hydrogen-bond donors (Lipinski definition) is 1. The predicted octanol–water partition coefficient (Wildman–Crippen LogP) is 0.469. The number of hydrogen-bond acceptors (Lipinski definition) is 3. The van der Waals surface area contributed by atoms with Crippen molar-refractivity contribution in [3.8, 4) is 6.19 Å². The monoisotopic (exact) mass is 116 g/mol. The van der Waals surface area contributed by atoms with E-state index >= 15 is 0 Å². The molecule has 0 saturated carbocycles. The van der Waals surface area contributed by atoms with Crippen molar-refractivity contribution in [3.63, 3.8) is 0 Å². The van der Waals surface area contributed by atoms with Crippen LogP contribution in [0.15, 0.2) is 0 Å². The summed E-state index contributed by atoms with van der Waals surface area (Å²) in [5, 5.41) is 7.10. The largest absolute Gasteiger partial charge is 0.382 e. The molecule has 0 aromatic rings. The number of nitrogens with two attached hydrogens (primary N) is 1. The third-order valence-electron chi connectivity index (χ3n) is 0.408. The molecule has 0 atom stereocenters. The van der Waals surface area contributed by atoms with Gasteiger partial charge in [-0.25, -0.2) is 0 Å². The van der Waals surface area contributed by atoms with Crippen LogP contribution >= 0.6 is 0 Å². The van der Waals surface area contributed by atoms with Crippen LogP contribution < -0.4 is 5.73 Å². The predicted molar refractivity (Wildman–Crippen MR) is 32.0 cm³/mol. The summed E-state index contributed by atoms with van der Waals surface area (Å²) in [6.45, 7) is 5.67. The van der Waals surface area contributed by atoms with E-state index in [1.165, 1.54) is 6.19 Å². The van der Waals surface area contributed by atoms with E-state index in [4.69, 9.17) is 10.00 Å². The summed E-state index contributed by atoms with van der Waals surface area (Å²) in [5.74, 6) is 0. The fourth-order valence-corrected chi connectivity index (χ4v) is 0.204. The standard InChI is InChI=1S/C4H10O.CH2N2/c1-3-5-4-2;2-1-3/h3-4H2,1-2H3;2H2. The summed E-state index contributed by atoms with van der Waals surface area (Å²) in [6, 6.07) is 0. The molecule has 0 aromatic heterocycles. The maximum Gasteiger partial charge on any atom is 0.173 e. The highest BCUT2D eigenvalue weighted by molar-refractivity contribution is 4.46. The molecule has 0 heterocycles. The van der Waals surface area contributed by atoms with Crippen molar-refractivity contribution in [3.05, 3.63) is 0 Å². The lowest BCUT2D eigenvalue weighted by molar-refractivity contribution is 0.162. The summed E-state index contributed by atoms with van der Waals surface area (Å²) >= 11 is 0. The zero-order valence-corrected chi connectivity index (χ0v) is 5.35. The summed E-state index contributed by atoms with van der Waals surface area (Å²) < 4.78 is 4.83. The van der Waals surface area contributed by atoms with E-state index in [1.54, 1.807) is 0 Å². The molecule has 0 spiro atoms. The van der Waals surface area contributed by atoms with Gasteiger partial charge < -0.3 is 10.5 Å². The first-order chi connectivity index (χ1) is 3.83. The minimum atomic E-state index is 0.844. The molecular formula is C5H12N2O. The van der Waals surface area contributed by atoms with Gasteiger partial charge in [0.1, 0.15) is 0 Å². The van der Waals surface area contributed by atoms with Crippen molar-refractivity contribution in [2.45, 2.75) is 13.8 Å². The lowest BCUT2D eigenvalue weighted by atomic mass is 10.8. The van der Waals surface area contributed by atoms with Crippen LogP contribution in [0.4, 0.5) is 0 Å². The summed E-state index contributed by atoms with van der Waals surface area (Å²) in [6.07, 6.45) is 1.25. The highest BCUT2D eigenvalue weighted by Crippen LogP contribution is 1.64. The fraction of sp³-hybridized carbons (Fsp3) is 0.800. The molecule has 0 aliphatic heterocycles. The Morgan fingerprint density at radius 2 is 1.75 bits per heavy atom. The third kappa shape index (κ3) is 60.7. The van der Waals surface area contributed by atoms with Crippen molar-refractivity contribution >= 4 is 0 Å². The van der Waals surface area contributed by atoms with Crippen LogP contribution in [0, 0.1) is 11.5 Å². The normalized spacial score (nSPS) is 6.12. The molecule has 0 aliphatic rings. The average molecular weight is 116 g/mol. The van der Waals surface area contributed by atoms with Crippen molar-refractivity contribution in [2.75, 3.05) is 13.2 Å². The minimum absolute atomic E-state index is 0.844. The summed E-state index contributed by atoms with van der Waals surface area (Å²) in [5.41, 5.74) is 4.15. The van der Waals surface area contributed by atoms with Crippen LogP contribution in [-0.2, 0) is 4.74 Å². The highest BCUT2D eigenvalue weighted by atomic mass is 16.5. The quantitative estimate of drug-likeness (QED) is 0.421. The van der Waals surface area contributed by atoms with E-state index in [-0.39, 0.29) is 0 Å². The second kappa shape index (κ2) is 16.3. The molecule has 0 saturated heterocycles. The van der Waals surface area contributed by atoms with E-state index in [1.807, 2.05) is 13.8 Å². The van der Waals surface area contributed by atoms with Crippen LogP contribution in [0.1, 0.15) is 13.8 Å². The van der Waals surface area contributed by atoms with Crippen LogP contribution in [0.3, 0.4) is 0 Å². The first-order valence-corrected chi connectivity index (χ1v) is 2.50. The second-order valence-corrected chi connectivity index (χ2v) is 0.911. The van der Waals surface area contributed by atoms with Gasteiger partial charge in [0.2, 0.25) is 0 Å². The minimum Gasteiger partial charge on any atom is -0.382 e. The van der Waals surface area contributed by atoms with Gasteiger partial charge in [-0.3, -0.25) is 0 Å². The summed E-state index contributed by atoms with van der Waals surface area (Å²) in [4.78, 5) is 0. The van der Waals surface area contributed by atoms with Crippen LogP contribution in [0.25, 0.3) is 0 Å². The number of rotatable bonds is 2. The van der Waals surface area contributed by atoms with Crippen molar-refractivity contribution in [2.24, 2.45) is 5.73 Å². The fourth-order valence-electron chi connectivity index (χ4n) is 0.204. The zero-order chi connectivity index (χ0) is 6.83. The maximum absolute atomic E-state index is 7.10. The lowest BCUT2D eigenvalue weighted by Crippen LogP contribution is -1.84. The molecule has 3 nitrogen and oxygen atoms in total. The molecule has 0 unspecified atom stereocenters. The third-order valence-corrected chi connectivity index (χ3v) is 0.408. The van der Waals surface area contributed by atoms with Gasteiger partial charge in [-0.05, 0) is 13.8 Å². The number of nitriles is 1. The van der Waals surface area contributed by atoms with Crippen molar-refractivity contribution in [1.29, 1.82) is 5.26 Å². The molecule has 0 aliphatic carbocycles. The van der Waals surface area contributed by atoms with Gasteiger partial charge in [-0.2, -0.15) is 5.26 Å². The SMILES string of the molecule is CCOCC.N#CN. The van der Waals surface area contributed by atoms with Gasteiger partial charge in [0.05, 0.1) is 0 Å². The zero-order valence-electron chi connectivity index (χ0n) is 5.35. The average Bonchev–Trinajstić information content (AvgIpc) is 1.71. The van der Waals surface area contributed by atoms with Crippen molar-refractivity contribution in [1.82, 2.24) is 0 Å². The Morgan fingerprint density at radius 1 is 1.50 bits per heavy atom. The van der Waals surface area contributed by atoms with Gasteiger partial charge in [0, 0.05) is 13.2 Å². The van der Waals surface area contributed by atoms with Gasteiger partial charge in [-0.15, -0.1) is 0 Å². The Morgan fingerprint density at radius 3 is 1.75 bits per heavy atom. The Labute approximate surface area is 50.1 Å². The van der Waals surface area contributed by atoms with Crippen LogP contribution in [0.2, 0.25) is 0 Å². The molecule has 0 fully saturated rings. The van der Waals surface area contributed by atoms with Crippen LogP contribution in [-0.4, -0.2) is 13.2 Å². The number of nitrogens with zero attached hydrogens (tertiary/aromatic N) is 1. The topological polar surface area (TPSA) is 59.0 Å². The van der Waals surface area contributed by atoms with Crippen molar-refractivity contribution < 1.29 is 4.74 Å². The second-order valence-electron chi connectivity index (χ2n) is 0.911. The molecule has 3 heteroatoms. The molecular weight excluding hydrogens is 104 g/mol. The Kier molecular flexibility index (Phi) is 20.9. The van der Waals surface area contributed by atoms with Gasteiger partial charge in [0.15, 0.2) is 6.19 Å². The molecule has 0 bridgehead atoms. The summed E-state index contributed by atoms with van der Waals surface area (Å²) in [7, 11) is 0. The highest BCUT2D eigenvalue weighted by Gasteiger charge is 1.64. The Balaban J connectivity index is 0. The molecule has 0 aromatic carbocycles. The maximum atomic E-state index is 7.10. The van der Waals surface area contributed by atoms with Gasteiger partial charge in [0.25, 0.3) is 0 Å². The first kappa shape index (κ1) is 10.3. The molecule has 0 radical (unpaired) electrons. The first-order valence-electron chi connectivity index (χ1n) is 2.50. The molecule has 2 N–H and O–H groups in total. The van der Waals surface area contributed by atoms with Crippen LogP contribution in [0.5, 0.6) is 0 Å². The molecule has 8 heavy (non-hydrogen) atoms. The van der Waals surface area contributed by atoms with E-state index in [9.17, 15) is 0 Å². The van der Waals surface area contributed by atoms with Gasteiger partial charge >= 0.3 is 0 Å². The smallest absolute Gasteiger partial charge is 0.173 e. The van der Waals surface area contributed by atoms with E-state index in [0.29, 0.717) is 0 Å². The number of ether oxygens (including phenoxy) is 1.